The second-order valence-electron chi connectivity index (χ2n) is 6.09. The highest BCUT2D eigenvalue weighted by Crippen LogP contribution is 2.23. The first-order valence-electron chi connectivity index (χ1n) is 8.19. The van der Waals surface area contributed by atoms with Crippen molar-refractivity contribution in [2.45, 2.75) is 26.3 Å². The van der Waals surface area contributed by atoms with Crippen LogP contribution in [-0.4, -0.2) is 25.7 Å². The Morgan fingerprint density at radius 3 is 2.48 bits per heavy atom. The Hall–Kier alpha value is -2.63. The van der Waals surface area contributed by atoms with Gasteiger partial charge in [0.25, 0.3) is 0 Å². The van der Waals surface area contributed by atoms with E-state index < -0.39 is 11.8 Å². The van der Waals surface area contributed by atoms with Gasteiger partial charge in [-0.1, -0.05) is 18.2 Å². The maximum Gasteiger partial charge on any atom is 0.319 e. The topological polar surface area (TPSA) is 44.4 Å². The summed E-state index contributed by atoms with van der Waals surface area (Å²) < 4.78 is 27.7. The molecule has 0 aliphatic carbocycles. The van der Waals surface area contributed by atoms with E-state index in [-0.39, 0.29) is 18.4 Å². The highest BCUT2D eigenvalue weighted by Gasteiger charge is 2.12. The normalized spacial score (nSPS) is 10.6. The SMILES string of the molecule is CC(C)N(C)c1ccc(NC(=O)NCCc2ccccc2F)cc1F. The first-order valence-corrected chi connectivity index (χ1v) is 8.19. The zero-order valence-corrected chi connectivity index (χ0v) is 14.6. The highest BCUT2D eigenvalue weighted by atomic mass is 19.1. The van der Waals surface area contributed by atoms with Crippen molar-refractivity contribution in [3.05, 3.63) is 59.7 Å². The lowest BCUT2D eigenvalue weighted by Crippen LogP contribution is -2.30. The number of benzene rings is 2. The number of nitrogens with one attached hydrogen (secondary N) is 2. The van der Waals surface area contributed by atoms with Crippen molar-refractivity contribution in [3.63, 3.8) is 0 Å². The summed E-state index contributed by atoms with van der Waals surface area (Å²) in [6.45, 7) is 4.21. The minimum Gasteiger partial charge on any atom is -0.370 e. The predicted octanol–water partition coefficient (Wildman–Crippen LogP) is 4.17. The molecule has 2 aromatic rings. The average molecular weight is 347 g/mol. The van der Waals surface area contributed by atoms with Crippen LogP contribution >= 0.6 is 0 Å². The number of hydrogen-bond acceptors (Lipinski definition) is 2. The van der Waals surface area contributed by atoms with E-state index in [9.17, 15) is 13.6 Å². The van der Waals surface area contributed by atoms with Gasteiger partial charge >= 0.3 is 6.03 Å². The summed E-state index contributed by atoms with van der Waals surface area (Å²) in [7, 11) is 1.81. The fraction of sp³-hybridized carbons (Fsp3) is 0.316. The molecule has 0 saturated heterocycles. The molecule has 0 spiro atoms. The van der Waals surface area contributed by atoms with Crippen LogP contribution in [0.15, 0.2) is 42.5 Å². The van der Waals surface area contributed by atoms with Gasteiger partial charge in [0.05, 0.1) is 5.69 Å². The van der Waals surface area contributed by atoms with Crippen molar-refractivity contribution < 1.29 is 13.6 Å². The summed E-state index contributed by atoms with van der Waals surface area (Å²) in [6.07, 6.45) is 0.382. The molecule has 4 nitrogen and oxygen atoms in total. The van der Waals surface area contributed by atoms with Crippen LogP contribution in [0.25, 0.3) is 0 Å². The van der Waals surface area contributed by atoms with Gasteiger partial charge in [-0.25, -0.2) is 13.6 Å². The van der Waals surface area contributed by atoms with Crippen molar-refractivity contribution in [1.29, 1.82) is 0 Å². The molecule has 25 heavy (non-hydrogen) atoms. The largest absolute Gasteiger partial charge is 0.370 e. The Kier molecular flexibility index (Phi) is 6.33. The maximum atomic E-state index is 14.2. The Balaban J connectivity index is 1.88. The molecule has 6 heteroatoms. The molecular weight excluding hydrogens is 324 g/mol. The van der Waals surface area contributed by atoms with Gasteiger partial charge in [0, 0.05) is 25.3 Å². The van der Waals surface area contributed by atoms with E-state index in [1.807, 2.05) is 25.8 Å². The molecule has 134 valence electrons. The van der Waals surface area contributed by atoms with Crippen LogP contribution in [-0.2, 0) is 6.42 Å². The Labute approximate surface area is 146 Å². The van der Waals surface area contributed by atoms with Crippen LogP contribution in [0.2, 0.25) is 0 Å². The van der Waals surface area contributed by atoms with Crippen LogP contribution in [0.5, 0.6) is 0 Å². The molecule has 0 heterocycles. The fourth-order valence-electron chi connectivity index (χ4n) is 2.34. The van der Waals surface area contributed by atoms with Gasteiger partial charge in [-0.3, -0.25) is 0 Å². The standard InChI is InChI=1S/C19H23F2N3O/c1-13(2)24(3)18-9-8-15(12-17(18)21)23-19(25)22-11-10-14-6-4-5-7-16(14)20/h4-9,12-13H,10-11H2,1-3H3,(H2,22,23,25). The van der Waals surface area contributed by atoms with Crippen LogP contribution in [0, 0.1) is 11.6 Å². The number of nitrogens with zero attached hydrogens (tertiary/aromatic N) is 1. The van der Waals surface area contributed by atoms with Gasteiger partial charge in [0.15, 0.2) is 0 Å². The average Bonchev–Trinajstić information content (AvgIpc) is 2.56. The van der Waals surface area contributed by atoms with Crippen LogP contribution in [0.4, 0.5) is 25.0 Å². The second-order valence-corrected chi connectivity index (χ2v) is 6.09. The third kappa shape index (κ3) is 5.17. The van der Waals surface area contributed by atoms with Crippen LogP contribution < -0.4 is 15.5 Å². The zero-order valence-electron chi connectivity index (χ0n) is 14.6. The third-order valence-corrected chi connectivity index (χ3v) is 4.00. The number of rotatable bonds is 6. The lowest BCUT2D eigenvalue weighted by atomic mass is 10.1. The molecule has 0 fully saturated rings. The molecule has 2 N–H and O–H groups in total. The van der Waals surface area contributed by atoms with Gasteiger partial charge in [-0.2, -0.15) is 0 Å². The van der Waals surface area contributed by atoms with Crippen molar-refractivity contribution >= 4 is 17.4 Å². The van der Waals surface area contributed by atoms with Gasteiger partial charge in [0.1, 0.15) is 11.6 Å². The minimum atomic E-state index is -0.458. The number of hydrogen-bond donors (Lipinski definition) is 2. The van der Waals surface area contributed by atoms with E-state index in [1.165, 1.54) is 12.1 Å². The van der Waals surface area contributed by atoms with Crippen LogP contribution in [0.1, 0.15) is 19.4 Å². The third-order valence-electron chi connectivity index (χ3n) is 4.00. The summed E-state index contributed by atoms with van der Waals surface area (Å²) in [5.74, 6) is -0.697. The summed E-state index contributed by atoms with van der Waals surface area (Å²) >= 11 is 0. The molecule has 2 rings (SSSR count). The molecule has 0 bridgehead atoms. The number of carbonyl (C=O) groups is 1. The summed E-state index contributed by atoms with van der Waals surface area (Å²) in [5.41, 5.74) is 1.37. The van der Waals surface area contributed by atoms with E-state index in [2.05, 4.69) is 10.6 Å². The van der Waals surface area contributed by atoms with Gasteiger partial charge < -0.3 is 15.5 Å². The maximum absolute atomic E-state index is 14.2. The second kappa shape index (κ2) is 8.46. The van der Waals surface area contributed by atoms with Gasteiger partial charge in [-0.05, 0) is 50.1 Å². The van der Waals surface area contributed by atoms with E-state index in [0.29, 0.717) is 23.4 Å². The van der Waals surface area contributed by atoms with E-state index in [0.717, 1.165) is 0 Å². The number of anilines is 2. The lowest BCUT2D eigenvalue weighted by Gasteiger charge is -2.24. The molecule has 0 aliphatic heterocycles. The smallest absolute Gasteiger partial charge is 0.319 e. The monoisotopic (exact) mass is 347 g/mol. The summed E-state index contributed by atoms with van der Waals surface area (Å²) in [6, 6.07) is 10.7. The number of urea groups is 1. The molecule has 0 radical (unpaired) electrons. The van der Waals surface area contributed by atoms with E-state index >= 15 is 0 Å². The van der Waals surface area contributed by atoms with Crippen molar-refractivity contribution in [2.75, 3.05) is 23.8 Å². The molecule has 0 unspecified atom stereocenters. The van der Waals surface area contributed by atoms with Crippen molar-refractivity contribution in [3.8, 4) is 0 Å². The van der Waals surface area contributed by atoms with Crippen molar-refractivity contribution in [2.24, 2.45) is 0 Å². The Morgan fingerprint density at radius 2 is 1.84 bits per heavy atom. The molecule has 2 aromatic carbocycles. The van der Waals surface area contributed by atoms with Gasteiger partial charge in [0.2, 0.25) is 0 Å². The summed E-state index contributed by atoms with van der Waals surface area (Å²) in [4.78, 5) is 13.7. The fourth-order valence-corrected chi connectivity index (χ4v) is 2.34. The molecule has 0 aliphatic rings. The van der Waals surface area contributed by atoms with E-state index in [4.69, 9.17) is 0 Å². The summed E-state index contributed by atoms with van der Waals surface area (Å²) in [5, 5.41) is 5.21. The molecule has 2 amide bonds. The van der Waals surface area contributed by atoms with Crippen molar-refractivity contribution in [1.82, 2.24) is 5.32 Å². The highest BCUT2D eigenvalue weighted by molar-refractivity contribution is 5.89. The lowest BCUT2D eigenvalue weighted by molar-refractivity contribution is 0.252. The van der Waals surface area contributed by atoms with Crippen LogP contribution in [0.3, 0.4) is 0 Å². The zero-order chi connectivity index (χ0) is 18.4. The minimum absolute atomic E-state index is 0.162. The predicted molar refractivity (Wildman–Crippen MR) is 97.1 cm³/mol. The number of carbonyl (C=O) groups excluding carboxylic acids is 1. The first kappa shape index (κ1) is 18.7. The molecular formula is C19H23F2N3O. The number of halogens is 2. The molecule has 0 atom stereocenters. The number of amides is 2. The first-order chi connectivity index (χ1) is 11.9. The molecule has 0 saturated carbocycles. The molecule has 0 aromatic heterocycles. The van der Waals surface area contributed by atoms with E-state index in [1.54, 1.807) is 30.3 Å². The Bertz CT molecular complexity index is 734. The quantitative estimate of drug-likeness (QED) is 0.824. The Morgan fingerprint density at radius 1 is 1.12 bits per heavy atom. The van der Waals surface area contributed by atoms with Gasteiger partial charge in [-0.15, -0.1) is 0 Å².